The van der Waals surface area contributed by atoms with Gasteiger partial charge >= 0.3 is 0 Å². The molecule has 6 nitrogen and oxygen atoms in total. The number of nitrogens with one attached hydrogen (secondary N) is 1. The molecule has 0 saturated carbocycles. The number of nitrogens with two attached hydrogens (primary N) is 1. The maximum atomic E-state index is 12.7. The molecule has 0 radical (unpaired) electrons. The standard InChI is InChI=1S/C21H19N3O3S/c1-3-27-14-8-5-13(6-9-14)23-20(25)19-18(22)16-10-12-4-7-15(26-2)11-17(12)24-21(16)28-19/h4-11H,3,22H2,1-2H3,(H,23,25). The monoisotopic (exact) mass is 393 g/mol. The Hall–Kier alpha value is -3.32. The van der Waals surface area contributed by atoms with Crippen molar-refractivity contribution in [3.05, 3.63) is 53.4 Å². The van der Waals surface area contributed by atoms with Gasteiger partial charge in [-0.2, -0.15) is 0 Å². The molecule has 0 aliphatic heterocycles. The van der Waals surface area contributed by atoms with E-state index >= 15 is 0 Å². The van der Waals surface area contributed by atoms with Crippen LogP contribution in [-0.2, 0) is 0 Å². The summed E-state index contributed by atoms with van der Waals surface area (Å²) >= 11 is 1.28. The van der Waals surface area contributed by atoms with Gasteiger partial charge in [-0.25, -0.2) is 4.98 Å². The summed E-state index contributed by atoms with van der Waals surface area (Å²) < 4.78 is 10.7. The van der Waals surface area contributed by atoms with Crippen molar-refractivity contribution in [1.82, 2.24) is 4.98 Å². The van der Waals surface area contributed by atoms with Crippen molar-refractivity contribution < 1.29 is 14.3 Å². The van der Waals surface area contributed by atoms with Crippen LogP contribution in [0.25, 0.3) is 21.1 Å². The maximum absolute atomic E-state index is 12.7. The molecule has 7 heteroatoms. The summed E-state index contributed by atoms with van der Waals surface area (Å²) in [5.41, 5.74) is 8.18. The van der Waals surface area contributed by atoms with Crippen LogP contribution in [0, 0.1) is 0 Å². The zero-order valence-corrected chi connectivity index (χ0v) is 16.3. The second kappa shape index (κ2) is 7.36. The lowest BCUT2D eigenvalue weighted by atomic mass is 10.1. The van der Waals surface area contributed by atoms with Gasteiger partial charge in [-0.1, -0.05) is 0 Å². The van der Waals surface area contributed by atoms with E-state index in [0.717, 1.165) is 32.6 Å². The molecule has 4 rings (SSSR count). The molecule has 0 bridgehead atoms. The molecule has 28 heavy (non-hydrogen) atoms. The second-order valence-electron chi connectivity index (χ2n) is 6.16. The predicted molar refractivity (Wildman–Crippen MR) is 114 cm³/mol. The fourth-order valence-electron chi connectivity index (χ4n) is 2.96. The molecule has 3 N–H and O–H groups in total. The van der Waals surface area contributed by atoms with Crippen LogP contribution in [0.4, 0.5) is 11.4 Å². The quantitative estimate of drug-likeness (QED) is 0.514. The molecular weight excluding hydrogens is 374 g/mol. The van der Waals surface area contributed by atoms with Crippen LogP contribution in [0.15, 0.2) is 48.5 Å². The van der Waals surface area contributed by atoms with Gasteiger partial charge in [0, 0.05) is 22.5 Å². The summed E-state index contributed by atoms with van der Waals surface area (Å²) in [5.74, 6) is 1.23. The van der Waals surface area contributed by atoms with Gasteiger partial charge in [0.25, 0.3) is 5.91 Å². The Labute approximate surface area is 165 Å². The minimum Gasteiger partial charge on any atom is -0.497 e. The number of nitrogens with zero attached hydrogens (tertiary/aromatic N) is 1. The Kier molecular flexibility index (Phi) is 4.75. The molecule has 2 aromatic heterocycles. The van der Waals surface area contributed by atoms with E-state index in [-0.39, 0.29) is 5.91 Å². The maximum Gasteiger partial charge on any atom is 0.267 e. The van der Waals surface area contributed by atoms with Crippen LogP contribution in [0.5, 0.6) is 11.5 Å². The topological polar surface area (TPSA) is 86.5 Å². The van der Waals surface area contributed by atoms with Crippen molar-refractivity contribution in [1.29, 1.82) is 0 Å². The minimum absolute atomic E-state index is 0.258. The molecule has 0 atom stereocenters. The molecule has 0 fully saturated rings. The fraction of sp³-hybridized carbons (Fsp3) is 0.143. The summed E-state index contributed by atoms with van der Waals surface area (Å²) in [5, 5.41) is 4.60. The van der Waals surface area contributed by atoms with Crippen molar-refractivity contribution in [2.75, 3.05) is 24.8 Å². The van der Waals surface area contributed by atoms with Gasteiger partial charge in [-0.05, 0) is 49.4 Å². The number of carbonyl (C=O) groups excluding carboxylic acids is 1. The van der Waals surface area contributed by atoms with Crippen LogP contribution in [0.2, 0.25) is 0 Å². The largest absolute Gasteiger partial charge is 0.497 e. The van der Waals surface area contributed by atoms with E-state index in [1.807, 2.05) is 43.3 Å². The highest BCUT2D eigenvalue weighted by Gasteiger charge is 2.18. The number of nitrogen functional groups attached to an aromatic ring is 1. The first-order chi connectivity index (χ1) is 13.6. The minimum atomic E-state index is -0.258. The number of rotatable bonds is 5. The molecule has 0 aliphatic rings. The highest BCUT2D eigenvalue weighted by molar-refractivity contribution is 7.21. The summed E-state index contributed by atoms with van der Waals surface area (Å²) in [6.45, 7) is 2.52. The molecule has 4 aromatic rings. The SMILES string of the molecule is CCOc1ccc(NC(=O)c2sc3nc4cc(OC)ccc4cc3c2N)cc1. The molecule has 142 valence electrons. The second-order valence-corrected chi connectivity index (χ2v) is 7.16. The molecule has 0 aliphatic carbocycles. The van der Waals surface area contributed by atoms with Gasteiger partial charge in [0.15, 0.2) is 0 Å². The zero-order chi connectivity index (χ0) is 19.7. The zero-order valence-electron chi connectivity index (χ0n) is 15.5. The number of methoxy groups -OCH3 is 1. The molecule has 2 heterocycles. The fourth-order valence-corrected chi connectivity index (χ4v) is 3.94. The first-order valence-corrected chi connectivity index (χ1v) is 9.61. The van der Waals surface area contributed by atoms with Gasteiger partial charge in [0.2, 0.25) is 0 Å². The van der Waals surface area contributed by atoms with Crippen molar-refractivity contribution in [2.24, 2.45) is 0 Å². The van der Waals surface area contributed by atoms with Gasteiger partial charge in [0.05, 0.1) is 24.9 Å². The number of anilines is 2. The van der Waals surface area contributed by atoms with Crippen LogP contribution in [0.1, 0.15) is 16.6 Å². The van der Waals surface area contributed by atoms with Crippen LogP contribution in [0.3, 0.4) is 0 Å². The summed E-state index contributed by atoms with van der Waals surface area (Å²) in [7, 11) is 1.62. The molecule has 0 spiro atoms. The number of ether oxygens (including phenoxy) is 2. The summed E-state index contributed by atoms with van der Waals surface area (Å²) in [6.07, 6.45) is 0. The average molecular weight is 393 g/mol. The number of benzene rings is 2. The Morgan fingerprint density at radius 2 is 1.89 bits per heavy atom. The lowest BCUT2D eigenvalue weighted by molar-refractivity contribution is 0.103. The van der Waals surface area contributed by atoms with E-state index in [1.54, 1.807) is 19.2 Å². The number of hydrogen-bond acceptors (Lipinski definition) is 6. The third-order valence-corrected chi connectivity index (χ3v) is 5.47. The number of carbonyl (C=O) groups is 1. The third-order valence-electron chi connectivity index (χ3n) is 4.35. The van der Waals surface area contributed by atoms with Crippen molar-refractivity contribution in [2.45, 2.75) is 6.92 Å². The first-order valence-electron chi connectivity index (χ1n) is 8.80. The third kappa shape index (κ3) is 3.32. The summed E-state index contributed by atoms with van der Waals surface area (Å²) in [6, 6.07) is 14.8. The number of hydrogen-bond donors (Lipinski definition) is 2. The van der Waals surface area contributed by atoms with Gasteiger partial charge in [-0.3, -0.25) is 4.79 Å². The number of aromatic nitrogens is 1. The number of thiophene rings is 1. The summed E-state index contributed by atoms with van der Waals surface area (Å²) in [4.78, 5) is 18.6. The smallest absolute Gasteiger partial charge is 0.267 e. The highest BCUT2D eigenvalue weighted by atomic mass is 32.1. The first kappa shape index (κ1) is 18.1. The number of amides is 1. The van der Waals surface area contributed by atoms with E-state index in [2.05, 4.69) is 10.3 Å². The van der Waals surface area contributed by atoms with E-state index in [0.29, 0.717) is 22.9 Å². The van der Waals surface area contributed by atoms with Crippen molar-refractivity contribution in [3.63, 3.8) is 0 Å². The lowest BCUT2D eigenvalue weighted by Crippen LogP contribution is -2.11. The van der Waals surface area contributed by atoms with Gasteiger partial charge in [0.1, 0.15) is 21.2 Å². The normalized spacial score (nSPS) is 10.9. The van der Waals surface area contributed by atoms with Gasteiger partial charge < -0.3 is 20.5 Å². The Balaban J connectivity index is 1.66. The molecular formula is C21H19N3O3S. The molecule has 0 saturated heterocycles. The van der Waals surface area contributed by atoms with Gasteiger partial charge in [-0.15, -0.1) is 11.3 Å². The Morgan fingerprint density at radius 1 is 1.14 bits per heavy atom. The van der Waals surface area contributed by atoms with Crippen molar-refractivity contribution >= 4 is 49.7 Å². The highest BCUT2D eigenvalue weighted by Crippen LogP contribution is 2.35. The Bertz CT molecular complexity index is 1170. The van der Waals surface area contributed by atoms with E-state index in [9.17, 15) is 4.79 Å². The van der Waals surface area contributed by atoms with Crippen LogP contribution < -0.4 is 20.5 Å². The van der Waals surface area contributed by atoms with Crippen LogP contribution in [-0.4, -0.2) is 24.6 Å². The average Bonchev–Trinajstić information content (AvgIpc) is 3.03. The number of fused-ring (bicyclic) bond motifs is 2. The molecule has 1 amide bonds. The van der Waals surface area contributed by atoms with Crippen molar-refractivity contribution in [3.8, 4) is 11.5 Å². The lowest BCUT2D eigenvalue weighted by Gasteiger charge is -2.06. The van der Waals surface area contributed by atoms with E-state index < -0.39 is 0 Å². The predicted octanol–water partition coefficient (Wildman–Crippen LogP) is 4.69. The van der Waals surface area contributed by atoms with Crippen LogP contribution >= 0.6 is 11.3 Å². The molecule has 0 unspecified atom stereocenters. The van der Waals surface area contributed by atoms with E-state index in [1.165, 1.54) is 11.3 Å². The number of pyridine rings is 1. The Morgan fingerprint density at radius 3 is 2.61 bits per heavy atom. The van der Waals surface area contributed by atoms with E-state index in [4.69, 9.17) is 15.2 Å². The molecule has 2 aromatic carbocycles.